The van der Waals surface area contributed by atoms with Crippen molar-refractivity contribution in [1.29, 1.82) is 0 Å². The van der Waals surface area contributed by atoms with Crippen molar-refractivity contribution < 1.29 is 57.2 Å². The Balaban J connectivity index is -0.00000158. The molecule has 0 fully saturated rings. The fourth-order valence-electron chi connectivity index (χ4n) is 13.4. The first-order chi connectivity index (χ1) is 54.6. The molecule has 0 aromatic heterocycles. The van der Waals surface area contributed by atoms with Crippen LogP contribution in [0.25, 0.3) is 0 Å². The third kappa shape index (κ3) is 108. The number of hydrogen-bond acceptors (Lipinski definition) is 15. The van der Waals surface area contributed by atoms with Crippen LogP contribution in [0.2, 0.25) is 0 Å². The van der Waals surface area contributed by atoms with E-state index in [0.717, 1.165) is 77.0 Å². The standard InChI is InChI=1S/3C32H62O4S/c3*1-3-5-7-9-11-13-15-17-19-21-23-27-35-31(33)25-29-37-30-26-32(34)36-28-24-22-20-18-16-14-12-10-8-6-4-2/h3*3-30H2,1-2H3. The topological polar surface area (TPSA) is 158 Å². The zero-order chi connectivity index (χ0) is 81.2. The molecule has 0 aliphatic heterocycles. The summed E-state index contributed by atoms with van der Waals surface area (Å²) in [4.78, 5) is 71.0. The number of carbonyl (C=O) groups is 6. The lowest BCUT2D eigenvalue weighted by Crippen LogP contribution is -2.09. The molecular formula is C96H186O12S3. The highest BCUT2D eigenvalue weighted by Crippen LogP contribution is 2.19. The molecule has 0 rings (SSSR count). The van der Waals surface area contributed by atoms with Gasteiger partial charge in [0.2, 0.25) is 0 Å². The van der Waals surface area contributed by atoms with E-state index in [1.165, 1.54) is 347 Å². The summed E-state index contributed by atoms with van der Waals surface area (Å²) >= 11 is 4.89. The molecule has 0 atom stereocenters. The van der Waals surface area contributed by atoms with Crippen LogP contribution in [0.15, 0.2) is 0 Å². The van der Waals surface area contributed by atoms with Crippen LogP contribution in [0.4, 0.5) is 0 Å². The molecule has 12 nitrogen and oxygen atoms in total. The lowest BCUT2D eigenvalue weighted by atomic mass is 10.1. The van der Waals surface area contributed by atoms with Crippen LogP contribution < -0.4 is 0 Å². The van der Waals surface area contributed by atoms with E-state index in [9.17, 15) is 28.8 Å². The van der Waals surface area contributed by atoms with Gasteiger partial charge in [0.15, 0.2) is 0 Å². The molecule has 111 heavy (non-hydrogen) atoms. The molecule has 0 spiro atoms. The molecule has 0 saturated carbocycles. The third-order valence-electron chi connectivity index (χ3n) is 20.8. The molecule has 0 heterocycles. The molecule has 0 aliphatic rings. The lowest BCUT2D eigenvalue weighted by Gasteiger charge is -2.06. The van der Waals surface area contributed by atoms with Crippen LogP contribution in [0.5, 0.6) is 0 Å². The summed E-state index contributed by atoms with van der Waals surface area (Å²) in [6.07, 6.45) is 88.1. The predicted molar refractivity (Wildman–Crippen MR) is 484 cm³/mol. The zero-order valence-electron chi connectivity index (χ0n) is 74.5. The summed E-state index contributed by atoms with van der Waals surface area (Å²) in [5.74, 6) is 3.59. The Morgan fingerprint density at radius 2 is 0.234 bits per heavy atom. The van der Waals surface area contributed by atoms with Crippen molar-refractivity contribution in [3.8, 4) is 0 Å². The largest absolute Gasteiger partial charge is 0.466 e. The van der Waals surface area contributed by atoms with Crippen LogP contribution >= 0.6 is 35.3 Å². The molecule has 0 amide bonds. The Hall–Kier alpha value is -2.13. The molecule has 0 aromatic rings. The van der Waals surface area contributed by atoms with Gasteiger partial charge in [-0.05, 0) is 38.5 Å². The van der Waals surface area contributed by atoms with Gasteiger partial charge in [0.1, 0.15) is 0 Å². The summed E-state index contributed by atoms with van der Waals surface area (Å²) in [7, 11) is 0. The Morgan fingerprint density at radius 3 is 0.333 bits per heavy atom. The van der Waals surface area contributed by atoms with Crippen LogP contribution in [-0.2, 0) is 57.2 Å². The maximum Gasteiger partial charge on any atom is 0.306 e. The van der Waals surface area contributed by atoms with Gasteiger partial charge in [-0.15, -0.1) is 0 Å². The second-order valence-corrected chi connectivity index (χ2v) is 35.5. The minimum absolute atomic E-state index is 0.112. The van der Waals surface area contributed by atoms with Gasteiger partial charge in [-0.3, -0.25) is 28.8 Å². The van der Waals surface area contributed by atoms with E-state index >= 15 is 0 Å². The molecule has 0 aromatic carbocycles. The monoisotopic (exact) mass is 1630 g/mol. The van der Waals surface area contributed by atoms with Crippen LogP contribution in [0, 0.1) is 0 Å². The summed E-state index contributed by atoms with van der Waals surface area (Å²) in [6.45, 7) is 16.9. The zero-order valence-corrected chi connectivity index (χ0v) is 77.0. The van der Waals surface area contributed by atoms with Gasteiger partial charge in [0, 0.05) is 34.5 Å². The average molecular weight is 1630 g/mol. The van der Waals surface area contributed by atoms with Crippen molar-refractivity contribution in [3.05, 3.63) is 0 Å². The van der Waals surface area contributed by atoms with E-state index in [4.69, 9.17) is 28.4 Å². The van der Waals surface area contributed by atoms with E-state index in [2.05, 4.69) is 41.5 Å². The van der Waals surface area contributed by atoms with Gasteiger partial charge in [0.05, 0.1) is 78.2 Å². The number of carbonyl (C=O) groups excluding carboxylic acids is 6. The Morgan fingerprint density at radius 1 is 0.144 bits per heavy atom. The first-order valence-electron chi connectivity index (χ1n) is 48.3. The van der Waals surface area contributed by atoms with Gasteiger partial charge < -0.3 is 28.4 Å². The Bertz CT molecular complexity index is 1530. The maximum atomic E-state index is 11.8. The molecule has 0 radical (unpaired) electrons. The first kappa shape index (κ1) is 113. The number of hydrogen-bond donors (Lipinski definition) is 0. The van der Waals surface area contributed by atoms with Crippen molar-refractivity contribution >= 4 is 71.1 Å². The van der Waals surface area contributed by atoms with Gasteiger partial charge in [-0.1, -0.05) is 427 Å². The van der Waals surface area contributed by atoms with Gasteiger partial charge >= 0.3 is 35.8 Å². The van der Waals surface area contributed by atoms with Gasteiger partial charge in [-0.2, -0.15) is 35.3 Å². The van der Waals surface area contributed by atoms with Crippen LogP contribution in [0.1, 0.15) is 504 Å². The fourth-order valence-corrected chi connectivity index (χ4v) is 15.9. The summed E-state index contributed by atoms with van der Waals surface area (Å²) in [6, 6.07) is 0. The van der Waals surface area contributed by atoms with Gasteiger partial charge in [-0.25, -0.2) is 0 Å². The lowest BCUT2D eigenvalue weighted by molar-refractivity contribution is -0.144. The van der Waals surface area contributed by atoms with E-state index in [-0.39, 0.29) is 35.8 Å². The highest BCUT2D eigenvalue weighted by atomic mass is 32.2. The Labute approximate surface area is 701 Å². The van der Waals surface area contributed by atoms with Crippen LogP contribution in [-0.4, -0.2) is 110 Å². The van der Waals surface area contributed by atoms with E-state index in [0.29, 0.717) is 113 Å². The van der Waals surface area contributed by atoms with E-state index in [1.807, 2.05) is 0 Å². The molecule has 0 saturated heterocycles. The molecule has 15 heteroatoms. The molecule has 0 N–H and O–H groups in total. The normalized spacial score (nSPS) is 11.1. The third-order valence-corrected chi connectivity index (χ3v) is 23.7. The molecule has 0 aliphatic carbocycles. The fraction of sp³-hybridized carbons (Fsp3) is 0.938. The minimum Gasteiger partial charge on any atom is -0.466 e. The second kappa shape index (κ2) is 104. The van der Waals surface area contributed by atoms with Crippen molar-refractivity contribution in [3.63, 3.8) is 0 Å². The van der Waals surface area contributed by atoms with Crippen LogP contribution in [0.3, 0.4) is 0 Å². The number of thioether (sulfide) groups is 3. The van der Waals surface area contributed by atoms with Crippen molar-refractivity contribution in [2.75, 3.05) is 74.2 Å². The first-order valence-corrected chi connectivity index (χ1v) is 51.7. The van der Waals surface area contributed by atoms with Crippen molar-refractivity contribution in [2.24, 2.45) is 0 Å². The minimum atomic E-state index is -0.112. The number of unbranched alkanes of at least 4 members (excludes halogenated alkanes) is 60. The SMILES string of the molecule is CCCCCCCCCCCCCOC(=O)CCSCCC(=O)OCCCCCCCCCCCCC.CCCCCCCCCCCCCOC(=O)CCSCCC(=O)OCCCCCCCCCCCCC.CCCCCCCCCCCCCOC(=O)CCSCCC(=O)OCCCCCCCCCCCCC. The summed E-state index contributed by atoms with van der Waals surface area (Å²) in [5, 5.41) is 0. The molecule has 0 bridgehead atoms. The highest BCUT2D eigenvalue weighted by Gasteiger charge is 2.11. The van der Waals surface area contributed by atoms with E-state index in [1.54, 1.807) is 35.3 Å². The molecule has 0 unspecified atom stereocenters. The maximum absolute atomic E-state index is 11.8. The number of rotatable bonds is 90. The second-order valence-electron chi connectivity index (χ2n) is 31.9. The highest BCUT2D eigenvalue weighted by molar-refractivity contribution is 7.99. The number of esters is 6. The summed E-state index contributed by atoms with van der Waals surface area (Å²) < 4.78 is 32.0. The molecular weight excluding hydrogens is 1440 g/mol. The average Bonchev–Trinajstić information content (AvgIpc) is 1.95. The van der Waals surface area contributed by atoms with Crippen molar-refractivity contribution in [2.45, 2.75) is 504 Å². The van der Waals surface area contributed by atoms with Crippen molar-refractivity contribution in [1.82, 2.24) is 0 Å². The predicted octanol–water partition coefficient (Wildman–Crippen LogP) is 30.6. The summed E-state index contributed by atoms with van der Waals surface area (Å²) in [5.41, 5.74) is 0. The smallest absolute Gasteiger partial charge is 0.306 e. The molecule has 660 valence electrons. The van der Waals surface area contributed by atoms with E-state index < -0.39 is 0 Å². The Kier molecular flexibility index (Phi) is 106. The quantitative estimate of drug-likeness (QED) is 0.0321. The number of ether oxygens (including phenoxy) is 6. The van der Waals surface area contributed by atoms with Gasteiger partial charge in [0.25, 0.3) is 0 Å².